The first-order valence-corrected chi connectivity index (χ1v) is 10.1. The lowest BCUT2D eigenvalue weighted by Crippen LogP contribution is -2.09. The summed E-state index contributed by atoms with van der Waals surface area (Å²) in [5, 5.41) is 9.60. The van der Waals surface area contributed by atoms with Gasteiger partial charge in [0.2, 0.25) is 0 Å². The summed E-state index contributed by atoms with van der Waals surface area (Å²) in [7, 11) is 0. The molecule has 4 rings (SSSR count). The Morgan fingerprint density at radius 3 is 2.41 bits per heavy atom. The number of rotatable bonds is 6. The molecule has 0 amide bonds. The van der Waals surface area contributed by atoms with Gasteiger partial charge in [0, 0.05) is 29.6 Å². The Bertz CT molecular complexity index is 970. The smallest absolute Gasteiger partial charge is 0.192 e. The lowest BCUT2D eigenvalue weighted by molar-refractivity contribution is 0.102. The number of ketones is 1. The Kier molecular flexibility index (Phi) is 4.83. The molecule has 0 radical (unpaired) electrons. The summed E-state index contributed by atoms with van der Waals surface area (Å²) >= 11 is 1.48. The van der Waals surface area contributed by atoms with Gasteiger partial charge in [-0.05, 0) is 56.9 Å². The molecule has 2 aromatic heterocycles. The molecule has 3 aromatic rings. The van der Waals surface area contributed by atoms with Gasteiger partial charge < -0.3 is 0 Å². The molecule has 0 atom stereocenters. The van der Waals surface area contributed by atoms with Crippen molar-refractivity contribution >= 4 is 17.5 Å². The summed E-state index contributed by atoms with van der Waals surface area (Å²) in [6.07, 6.45) is 5.79. The third-order valence-electron chi connectivity index (χ3n) is 4.80. The van der Waals surface area contributed by atoms with Crippen molar-refractivity contribution in [3.63, 3.8) is 0 Å². The van der Waals surface area contributed by atoms with Crippen molar-refractivity contribution < 1.29 is 4.79 Å². The molecule has 2 heterocycles. The van der Waals surface area contributed by atoms with Crippen molar-refractivity contribution in [2.75, 3.05) is 5.75 Å². The van der Waals surface area contributed by atoms with Crippen molar-refractivity contribution in [3.05, 3.63) is 58.9 Å². The molecule has 1 fully saturated rings. The van der Waals surface area contributed by atoms with Crippen LogP contribution in [0.15, 0.2) is 41.8 Å². The second-order valence-electron chi connectivity index (χ2n) is 7.13. The predicted octanol–water partition coefficient (Wildman–Crippen LogP) is 4.58. The Morgan fingerprint density at radius 1 is 1.11 bits per heavy atom. The Hall–Kier alpha value is -2.47. The summed E-state index contributed by atoms with van der Waals surface area (Å²) in [5.74, 6) is 1.37. The predicted molar refractivity (Wildman–Crippen MR) is 107 cm³/mol. The van der Waals surface area contributed by atoms with Gasteiger partial charge in [-0.1, -0.05) is 29.5 Å². The molecular formula is C21H22N4OS. The average molecular weight is 379 g/mol. The summed E-state index contributed by atoms with van der Waals surface area (Å²) in [5.41, 5.74) is 5.11. The molecule has 1 aliphatic carbocycles. The van der Waals surface area contributed by atoms with Crippen LogP contribution >= 0.6 is 11.8 Å². The number of hydrogen-bond acceptors (Lipinski definition) is 5. The third kappa shape index (κ3) is 3.67. The molecule has 27 heavy (non-hydrogen) atoms. The van der Waals surface area contributed by atoms with Gasteiger partial charge in [0.05, 0.1) is 5.75 Å². The van der Waals surface area contributed by atoms with E-state index in [1.807, 2.05) is 26.0 Å². The quantitative estimate of drug-likeness (QED) is 0.464. The fourth-order valence-corrected chi connectivity index (χ4v) is 4.43. The highest BCUT2D eigenvalue weighted by Gasteiger charge is 2.30. The minimum absolute atomic E-state index is 0.144. The van der Waals surface area contributed by atoms with E-state index in [9.17, 15) is 4.79 Å². The highest BCUT2D eigenvalue weighted by molar-refractivity contribution is 7.99. The minimum Gasteiger partial charge on any atom is -0.299 e. The first-order valence-electron chi connectivity index (χ1n) is 9.13. The summed E-state index contributed by atoms with van der Waals surface area (Å²) in [6, 6.07) is 8.46. The molecule has 0 N–H and O–H groups in total. The van der Waals surface area contributed by atoms with Crippen molar-refractivity contribution in [1.82, 2.24) is 19.7 Å². The molecule has 0 bridgehead atoms. The Labute approximate surface area is 163 Å². The van der Waals surface area contributed by atoms with Gasteiger partial charge in [0.1, 0.15) is 0 Å². The van der Waals surface area contributed by atoms with E-state index < -0.39 is 0 Å². The number of nitrogens with zero attached hydrogens (tertiary/aromatic N) is 4. The summed E-state index contributed by atoms with van der Waals surface area (Å²) in [6.45, 7) is 6.07. The number of aryl methyl sites for hydroxylation is 3. The van der Waals surface area contributed by atoms with Gasteiger partial charge in [-0.2, -0.15) is 0 Å². The number of benzene rings is 1. The molecule has 1 aliphatic rings. The molecule has 0 spiro atoms. The van der Waals surface area contributed by atoms with Gasteiger partial charge in [0.25, 0.3) is 0 Å². The monoisotopic (exact) mass is 378 g/mol. The first-order chi connectivity index (χ1) is 13.0. The fraction of sp³-hybridized carbons (Fsp3) is 0.333. The Morgan fingerprint density at radius 2 is 1.78 bits per heavy atom. The number of Topliss-reactive ketones (excluding diaryl/α,β-unsaturated/α-hetero) is 1. The summed E-state index contributed by atoms with van der Waals surface area (Å²) < 4.78 is 2.18. The van der Waals surface area contributed by atoms with Gasteiger partial charge in [-0.3, -0.25) is 14.3 Å². The van der Waals surface area contributed by atoms with Crippen LogP contribution in [0.2, 0.25) is 0 Å². The van der Waals surface area contributed by atoms with Crippen LogP contribution in [0.3, 0.4) is 0 Å². The minimum atomic E-state index is 0.144. The number of hydrogen-bond donors (Lipinski definition) is 0. The zero-order valence-corrected chi connectivity index (χ0v) is 16.6. The number of pyridine rings is 1. The van der Waals surface area contributed by atoms with E-state index in [2.05, 4.69) is 38.8 Å². The third-order valence-corrected chi connectivity index (χ3v) is 5.75. The second-order valence-corrected chi connectivity index (χ2v) is 8.07. The number of thioether (sulfide) groups is 1. The highest BCUT2D eigenvalue weighted by atomic mass is 32.2. The topological polar surface area (TPSA) is 60.7 Å². The molecular weight excluding hydrogens is 356 g/mol. The van der Waals surface area contributed by atoms with E-state index in [1.165, 1.54) is 17.3 Å². The number of carbonyl (C=O) groups is 1. The maximum Gasteiger partial charge on any atom is 0.192 e. The lowest BCUT2D eigenvalue weighted by Gasteiger charge is -2.11. The van der Waals surface area contributed by atoms with E-state index in [0.29, 0.717) is 11.8 Å². The van der Waals surface area contributed by atoms with Crippen LogP contribution in [0.25, 0.3) is 11.4 Å². The van der Waals surface area contributed by atoms with Crippen molar-refractivity contribution in [1.29, 1.82) is 0 Å². The molecule has 138 valence electrons. The largest absolute Gasteiger partial charge is 0.299 e. The van der Waals surface area contributed by atoms with E-state index in [-0.39, 0.29) is 5.78 Å². The van der Waals surface area contributed by atoms with Crippen LogP contribution in [0.4, 0.5) is 0 Å². The van der Waals surface area contributed by atoms with Gasteiger partial charge >= 0.3 is 0 Å². The fourth-order valence-electron chi connectivity index (χ4n) is 3.56. The van der Waals surface area contributed by atoms with Crippen molar-refractivity contribution in [2.24, 2.45) is 0 Å². The van der Waals surface area contributed by atoms with Gasteiger partial charge in [0.15, 0.2) is 16.8 Å². The van der Waals surface area contributed by atoms with Crippen molar-refractivity contribution in [3.8, 4) is 11.4 Å². The maximum absolute atomic E-state index is 12.9. The van der Waals surface area contributed by atoms with Crippen LogP contribution in [0.1, 0.15) is 45.9 Å². The molecule has 1 saturated carbocycles. The molecule has 0 aliphatic heterocycles. The zero-order chi connectivity index (χ0) is 19.0. The molecule has 1 aromatic carbocycles. The van der Waals surface area contributed by atoms with Crippen LogP contribution < -0.4 is 0 Å². The van der Waals surface area contributed by atoms with Gasteiger partial charge in [-0.25, -0.2) is 0 Å². The maximum atomic E-state index is 12.9. The molecule has 0 unspecified atom stereocenters. The Balaban J connectivity index is 1.57. The van der Waals surface area contributed by atoms with Crippen molar-refractivity contribution in [2.45, 2.75) is 44.8 Å². The van der Waals surface area contributed by atoms with Crippen LogP contribution in [-0.2, 0) is 0 Å². The van der Waals surface area contributed by atoms with E-state index >= 15 is 0 Å². The van der Waals surface area contributed by atoms with Crippen LogP contribution in [0, 0.1) is 20.8 Å². The highest BCUT2D eigenvalue weighted by Crippen LogP contribution is 2.41. The van der Waals surface area contributed by atoms with Gasteiger partial charge in [-0.15, -0.1) is 10.2 Å². The van der Waals surface area contributed by atoms with E-state index in [4.69, 9.17) is 0 Å². The average Bonchev–Trinajstić information content (AvgIpc) is 3.39. The molecule has 5 nitrogen and oxygen atoms in total. The van der Waals surface area contributed by atoms with E-state index in [1.54, 1.807) is 12.4 Å². The van der Waals surface area contributed by atoms with Crippen LogP contribution in [0.5, 0.6) is 0 Å². The summed E-state index contributed by atoms with van der Waals surface area (Å²) in [4.78, 5) is 16.9. The zero-order valence-electron chi connectivity index (χ0n) is 15.8. The SMILES string of the molecule is Cc1cc(C)c(C(=O)CSc2nnc(-c3ccncc3)n2C2CC2)c(C)c1. The number of carbonyl (C=O) groups excluding carboxylic acids is 1. The van der Waals surface area contributed by atoms with E-state index in [0.717, 1.165) is 46.1 Å². The molecule has 6 heteroatoms. The normalized spacial score (nSPS) is 13.7. The first kappa shape index (κ1) is 17.9. The number of aromatic nitrogens is 4. The molecule has 0 saturated heterocycles. The standard InChI is InChI=1S/C21H22N4OS/c1-13-10-14(2)19(15(3)11-13)18(26)12-27-21-24-23-20(25(21)17-4-5-17)16-6-8-22-9-7-16/h6-11,17H,4-5,12H2,1-3H3. The second kappa shape index (κ2) is 7.27. The van der Waals surface area contributed by atoms with Crippen LogP contribution in [-0.4, -0.2) is 31.3 Å². The lowest BCUT2D eigenvalue weighted by atomic mass is 9.97.